The van der Waals surface area contributed by atoms with E-state index in [1.54, 1.807) is 24.3 Å². The molecule has 88 valence electrons. The van der Waals surface area contributed by atoms with Gasteiger partial charge in [0, 0.05) is 6.42 Å². The van der Waals surface area contributed by atoms with Crippen LogP contribution in [0.15, 0.2) is 41.0 Å². The van der Waals surface area contributed by atoms with E-state index in [0.29, 0.717) is 11.3 Å². The van der Waals surface area contributed by atoms with Crippen molar-refractivity contribution in [3.8, 4) is 0 Å². The first-order valence-corrected chi connectivity index (χ1v) is 5.51. The molecule has 0 saturated heterocycles. The predicted molar refractivity (Wildman–Crippen MR) is 62.5 cm³/mol. The molecule has 0 unspecified atom stereocenters. The van der Waals surface area contributed by atoms with E-state index in [9.17, 15) is 9.18 Å². The van der Waals surface area contributed by atoms with Gasteiger partial charge in [-0.15, -0.1) is 0 Å². The summed E-state index contributed by atoms with van der Waals surface area (Å²) in [7, 11) is 0. The number of ketones is 1. The molecule has 2 aromatic rings. The van der Waals surface area contributed by atoms with Crippen LogP contribution in [0.1, 0.15) is 11.3 Å². The van der Waals surface area contributed by atoms with Gasteiger partial charge in [0.25, 0.3) is 0 Å². The maximum absolute atomic E-state index is 13.5. The predicted octanol–water partition coefficient (Wildman–Crippen LogP) is 3.43. The third-order valence-corrected chi connectivity index (χ3v) is 2.66. The zero-order chi connectivity index (χ0) is 12.3. The standard InChI is InChI=1S/C13H10ClFO2/c14-12-5-1-3-9(13(12)15)7-10(16)8-11-4-2-6-17-11/h1-6H,7-8H2. The highest BCUT2D eigenvalue weighted by Crippen LogP contribution is 2.18. The summed E-state index contributed by atoms with van der Waals surface area (Å²) in [6, 6.07) is 8.06. The first-order valence-electron chi connectivity index (χ1n) is 5.14. The zero-order valence-corrected chi connectivity index (χ0v) is 9.71. The van der Waals surface area contributed by atoms with Gasteiger partial charge in [0.05, 0.1) is 17.7 Å². The number of rotatable bonds is 4. The number of Topliss-reactive ketones (excluding diaryl/α,β-unsaturated/α-hetero) is 1. The van der Waals surface area contributed by atoms with Crippen molar-refractivity contribution in [3.05, 3.63) is 58.8 Å². The minimum absolute atomic E-state index is 0.0209. The van der Waals surface area contributed by atoms with Crippen molar-refractivity contribution in [1.29, 1.82) is 0 Å². The van der Waals surface area contributed by atoms with Crippen molar-refractivity contribution in [2.45, 2.75) is 12.8 Å². The molecule has 2 nitrogen and oxygen atoms in total. The van der Waals surface area contributed by atoms with Crippen LogP contribution in [0.25, 0.3) is 0 Å². The Morgan fingerprint density at radius 1 is 1.24 bits per heavy atom. The molecule has 0 N–H and O–H groups in total. The molecule has 0 fully saturated rings. The van der Waals surface area contributed by atoms with Gasteiger partial charge >= 0.3 is 0 Å². The molecule has 2 rings (SSSR count). The molecule has 4 heteroatoms. The van der Waals surface area contributed by atoms with Crippen LogP contribution in [0.4, 0.5) is 4.39 Å². The summed E-state index contributed by atoms with van der Waals surface area (Å²) in [5.74, 6) is -0.0551. The van der Waals surface area contributed by atoms with Crippen molar-refractivity contribution in [2.24, 2.45) is 0 Å². The summed E-state index contributed by atoms with van der Waals surface area (Å²) in [6.07, 6.45) is 1.69. The van der Waals surface area contributed by atoms with Crippen LogP contribution in [0.3, 0.4) is 0 Å². The minimum atomic E-state index is -0.526. The number of furan rings is 1. The molecule has 0 bridgehead atoms. The topological polar surface area (TPSA) is 30.2 Å². The Hall–Kier alpha value is -1.61. The summed E-state index contributed by atoms with van der Waals surface area (Å²) in [5, 5.41) is 0.0355. The molecule has 1 heterocycles. The Labute approximate surface area is 103 Å². The molecule has 0 saturated carbocycles. The molecule has 0 aliphatic carbocycles. The van der Waals surface area contributed by atoms with Crippen molar-refractivity contribution in [3.63, 3.8) is 0 Å². The van der Waals surface area contributed by atoms with E-state index in [1.807, 2.05) is 0 Å². The van der Waals surface area contributed by atoms with E-state index < -0.39 is 5.82 Å². The van der Waals surface area contributed by atoms with Gasteiger partial charge in [-0.1, -0.05) is 23.7 Å². The highest BCUT2D eigenvalue weighted by atomic mass is 35.5. The number of hydrogen-bond donors (Lipinski definition) is 0. The Morgan fingerprint density at radius 2 is 2.06 bits per heavy atom. The molecule has 0 aliphatic heterocycles. The molecule has 0 atom stereocenters. The fourth-order valence-electron chi connectivity index (χ4n) is 1.57. The minimum Gasteiger partial charge on any atom is -0.469 e. The zero-order valence-electron chi connectivity index (χ0n) is 8.95. The van der Waals surface area contributed by atoms with Crippen molar-refractivity contribution < 1.29 is 13.6 Å². The maximum atomic E-state index is 13.5. The molecular weight excluding hydrogens is 243 g/mol. The number of hydrogen-bond acceptors (Lipinski definition) is 2. The maximum Gasteiger partial charge on any atom is 0.145 e. The molecule has 1 aromatic carbocycles. The van der Waals surface area contributed by atoms with E-state index in [-0.39, 0.29) is 23.6 Å². The Balaban J connectivity index is 2.06. The van der Waals surface area contributed by atoms with Gasteiger partial charge in [-0.05, 0) is 23.8 Å². The van der Waals surface area contributed by atoms with Gasteiger partial charge in [-0.3, -0.25) is 4.79 Å². The Kier molecular flexibility index (Phi) is 3.59. The second kappa shape index (κ2) is 5.15. The lowest BCUT2D eigenvalue weighted by molar-refractivity contribution is -0.118. The van der Waals surface area contributed by atoms with Crippen LogP contribution in [0.2, 0.25) is 5.02 Å². The monoisotopic (exact) mass is 252 g/mol. The summed E-state index contributed by atoms with van der Waals surface area (Å²) in [6.45, 7) is 0. The lowest BCUT2D eigenvalue weighted by Gasteiger charge is -2.03. The van der Waals surface area contributed by atoms with Crippen molar-refractivity contribution >= 4 is 17.4 Å². The lowest BCUT2D eigenvalue weighted by Crippen LogP contribution is -2.07. The third kappa shape index (κ3) is 2.94. The van der Waals surface area contributed by atoms with Gasteiger partial charge in [0.1, 0.15) is 17.4 Å². The van der Waals surface area contributed by atoms with E-state index in [0.717, 1.165) is 0 Å². The van der Waals surface area contributed by atoms with Crippen LogP contribution >= 0.6 is 11.6 Å². The van der Waals surface area contributed by atoms with Crippen LogP contribution < -0.4 is 0 Å². The normalized spacial score (nSPS) is 10.5. The summed E-state index contributed by atoms with van der Waals surface area (Å²) in [4.78, 5) is 11.7. The van der Waals surface area contributed by atoms with E-state index in [1.165, 1.54) is 12.3 Å². The largest absolute Gasteiger partial charge is 0.469 e. The van der Waals surface area contributed by atoms with Crippen molar-refractivity contribution in [2.75, 3.05) is 0 Å². The lowest BCUT2D eigenvalue weighted by atomic mass is 10.1. The molecule has 1 aromatic heterocycles. The molecule has 0 aliphatic rings. The number of carbonyl (C=O) groups is 1. The smallest absolute Gasteiger partial charge is 0.145 e. The van der Waals surface area contributed by atoms with Crippen molar-refractivity contribution in [1.82, 2.24) is 0 Å². The van der Waals surface area contributed by atoms with E-state index >= 15 is 0 Å². The first kappa shape index (κ1) is 11.9. The Bertz CT molecular complexity index is 520. The van der Waals surface area contributed by atoms with E-state index in [4.69, 9.17) is 16.0 Å². The molecular formula is C13H10ClFO2. The molecule has 17 heavy (non-hydrogen) atoms. The fraction of sp³-hybridized carbons (Fsp3) is 0.154. The number of benzene rings is 1. The number of carbonyl (C=O) groups excluding carboxylic acids is 1. The second-order valence-corrected chi connectivity index (χ2v) is 4.09. The van der Waals surface area contributed by atoms with Gasteiger partial charge < -0.3 is 4.42 Å². The van der Waals surface area contributed by atoms with Crippen LogP contribution in [-0.2, 0) is 17.6 Å². The Morgan fingerprint density at radius 3 is 2.76 bits per heavy atom. The van der Waals surface area contributed by atoms with Gasteiger partial charge in [-0.25, -0.2) is 4.39 Å². The third-order valence-electron chi connectivity index (χ3n) is 2.37. The fourth-order valence-corrected chi connectivity index (χ4v) is 1.76. The molecule has 0 radical (unpaired) electrons. The summed E-state index contributed by atoms with van der Waals surface area (Å²) >= 11 is 5.64. The average molecular weight is 253 g/mol. The second-order valence-electron chi connectivity index (χ2n) is 3.68. The van der Waals surface area contributed by atoms with Gasteiger partial charge in [-0.2, -0.15) is 0 Å². The van der Waals surface area contributed by atoms with Crippen LogP contribution in [-0.4, -0.2) is 5.78 Å². The molecule has 0 amide bonds. The highest BCUT2D eigenvalue weighted by molar-refractivity contribution is 6.30. The quantitative estimate of drug-likeness (QED) is 0.835. The average Bonchev–Trinajstić information content (AvgIpc) is 2.77. The van der Waals surface area contributed by atoms with E-state index in [2.05, 4.69) is 0 Å². The van der Waals surface area contributed by atoms with Gasteiger partial charge in [0.15, 0.2) is 0 Å². The van der Waals surface area contributed by atoms with Gasteiger partial charge in [0.2, 0.25) is 0 Å². The number of halogens is 2. The van der Waals surface area contributed by atoms with Crippen LogP contribution in [0.5, 0.6) is 0 Å². The molecule has 0 spiro atoms. The van der Waals surface area contributed by atoms with Crippen LogP contribution in [0, 0.1) is 5.82 Å². The summed E-state index contributed by atoms with van der Waals surface area (Å²) in [5.41, 5.74) is 0.314. The summed E-state index contributed by atoms with van der Waals surface area (Å²) < 4.78 is 18.6. The first-order chi connectivity index (χ1) is 8.16. The SMILES string of the molecule is O=C(Cc1ccco1)Cc1cccc(Cl)c1F. The highest BCUT2D eigenvalue weighted by Gasteiger charge is 2.12.